The molecule has 2 rings (SSSR count). The van der Waals surface area contributed by atoms with Crippen LogP contribution >= 0.6 is 15.9 Å². The van der Waals surface area contributed by atoms with Gasteiger partial charge in [0.15, 0.2) is 0 Å². The third-order valence-corrected chi connectivity index (χ3v) is 4.14. The van der Waals surface area contributed by atoms with Gasteiger partial charge in [-0.1, -0.05) is 13.0 Å². The normalized spacial score (nSPS) is 10.8. The van der Waals surface area contributed by atoms with E-state index in [4.69, 9.17) is 10.5 Å². The van der Waals surface area contributed by atoms with Gasteiger partial charge in [-0.3, -0.25) is 4.68 Å². The van der Waals surface area contributed by atoms with Crippen LogP contribution in [-0.4, -0.2) is 9.78 Å². The largest absolute Gasteiger partial charge is 0.485 e. The number of ether oxygens (including phenoxy) is 1. The summed E-state index contributed by atoms with van der Waals surface area (Å²) in [5.41, 5.74) is 9.83. The molecule has 1 heterocycles. The number of hydrogen-bond acceptors (Lipinski definition) is 3. The second-order valence-electron chi connectivity index (χ2n) is 4.71. The molecule has 2 N–H and O–H groups in total. The van der Waals surface area contributed by atoms with Crippen LogP contribution in [0.5, 0.6) is 5.75 Å². The van der Waals surface area contributed by atoms with Gasteiger partial charge in [-0.25, -0.2) is 0 Å². The van der Waals surface area contributed by atoms with Crippen LogP contribution in [0.1, 0.15) is 30.8 Å². The van der Waals surface area contributed by atoms with Crippen LogP contribution in [0.2, 0.25) is 0 Å². The van der Waals surface area contributed by atoms with Crippen LogP contribution in [-0.2, 0) is 19.6 Å². The smallest absolute Gasteiger partial charge is 0.143 e. The van der Waals surface area contributed by atoms with Crippen LogP contribution in [0.25, 0.3) is 0 Å². The Kier molecular flexibility index (Phi) is 4.70. The zero-order valence-corrected chi connectivity index (χ0v) is 13.7. The molecule has 0 unspecified atom stereocenters. The van der Waals surface area contributed by atoms with E-state index in [9.17, 15) is 0 Å². The zero-order valence-electron chi connectivity index (χ0n) is 12.1. The first kappa shape index (κ1) is 14.9. The standard InChI is InChI=1S/C15H20BrN3O/c1-4-12-15(16)13(19(5-2)18-12)9-20-14-8-10(3)6-7-11(14)17/h6-8H,4-5,9,17H2,1-3H3. The van der Waals surface area contributed by atoms with Crippen molar-refractivity contribution in [1.82, 2.24) is 9.78 Å². The van der Waals surface area contributed by atoms with Gasteiger partial charge in [-0.2, -0.15) is 5.10 Å². The molecule has 4 nitrogen and oxygen atoms in total. The van der Waals surface area contributed by atoms with E-state index in [1.54, 1.807) is 0 Å². The van der Waals surface area contributed by atoms with Gasteiger partial charge in [-0.05, 0) is 53.9 Å². The minimum atomic E-state index is 0.453. The topological polar surface area (TPSA) is 53.1 Å². The molecule has 0 aliphatic heterocycles. The number of nitrogen functional groups attached to an aromatic ring is 1. The highest BCUT2D eigenvalue weighted by Gasteiger charge is 2.14. The number of nitrogens with zero attached hydrogens (tertiary/aromatic N) is 2. The van der Waals surface area contributed by atoms with Crippen molar-refractivity contribution in [2.45, 2.75) is 40.3 Å². The molecule has 0 atom stereocenters. The second-order valence-corrected chi connectivity index (χ2v) is 5.50. The first-order chi connectivity index (χ1) is 9.56. The van der Waals surface area contributed by atoms with E-state index in [1.165, 1.54) is 0 Å². The van der Waals surface area contributed by atoms with E-state index in [0.29, 0.717) is 12.3 Å². The summed E-state index contributed by atoms with van der Waals surface area (Å²) in [7, 11) is 0. The Morgan fingerprint density at radius 3 is 2.75 bits per heavy atom. The summed E-state index contributed by atoms with van der Waals surface area (Å²) in [6.07, 6.45) is 0.896. The molecule has 0 aliphatic rings. The molecule has 0 bridgehead atoms. The molecular weight excluding hydrogens is 318 g/mol. The molecule has 0 saturated heterocycles. The minimum Gasteiger partial charge on any atom is -0.485 e. The molecular formula is C15H20BrN3O. The summed E-state index contributed by atoms with van der Waals surface area (Å²) in [6.45, 7) is 7.46. The van der Waals surface area contributed by atoms with Crippen molar-refractivity contribution in [2.75, 3.05) is 5.73 Å². The fourth-order valence-corrected chi connectivity index (χ4v) is 2.75. The monoisotopic (exact) mass is 337 g/mol. The van der Waals surface area contributed by atoms with Gasteiger partial charge in [0.2, 0.25) is 0 Å². The Morgan fingerprint density at radius 1 is 1.35 bits per heavy atom. The van der Waals surface area contributed by atoms with E-state index < -0.39 is 0 Å². The first-order valence-electron chi connectivity index (χ1n) is 6.79. The lowest BCUT2D eigenvalue weighted by Gasteiger charge is -2.11. The third kappa shape index (κ3) is 2.98. The molecule has 0 fully saturated rings. The predicted octanol–water partition coefficient (Wildman–Crippen LogP) is 3.70. The molecule has 0 saturated carbocycles. The van der Waals surface area contributed by atoms with Crippen molar-refractivity contribution in [3.05, 3.63) is 39.6 Å². The van der Waals surface area contributed by atoms with Crippen molar-refractivity contribution < 1.29 is 4.74 Å². The number of anilines is 1. The summed E-state index contributed by atoms with van der Waals surface area (Å²) in [6, 6.07) is 5.80. The first-order valence-corrected chi connectivity index (χ1v) is 7.59. The van der Waals surface area contributed by atoms with Gasteiger partial charge in [0.05, 0.1) is 21.5 Å². The maximum atomic E-state index is 5.93. The van der Waals surface area contributed by atoms with Crippen molar-refractivity contribution in [1.29, 1.82) is 0 Å². The molecule has 1 aromatic carbocycles. The predicted molar refractivity (Wildman–Crippen MR) is 84.9 cm³/mol. The van der Waals surface area contributed by atoms with E-state index in [0.717, 1.165) is 40.1 Å². The lowest BCUT2D eigenvalue weighted by atomic mass is 10.2. The Balaban J connectivity index is 2.22. The Labute approximate surface area is 128 Å². The molecule has 0 aliphatic carbocycles. The van der Waals surface area contributed by atoms with Crippen molar-refractivity contribution >= 4 is 21.6 Å². The lowest BCUT2D eigenvalue weighted by molar-refractivity contribution is 0.293. The van der Waals surface area contributed by atoms with Gasteiger partial charge in [0.25, 0.3) is 0 Å². The maximum Gasteiger partial charge on any atom is 0.143 e. The fourth-order valence-electron chi connectivity index (χ4n) is 2.07. The summed E-state index contributed by atoms with van der Waals surface area (Å²) < 4.78 is 8.87. The third-order valence-electron chi connectivity index (χ3n) is 3.23. The van der Waals surface area contributed by atoms with Crippen LogP contribution in [0.15, 0.2) is 22.7 Å². The number of aromatic nitrogens is 2. The number of hydrogen-bond donors (Lipinski definition) is 1. The lowest BCUT2D eigenvalue weighted by Crippen LogP contribution is -2.07. The van der Waals surface area contributed by atoms with Crippen molar-refractivity contribution in [3.8, 4) is 5.75 Å². The highest BCUT2D eigenvalue weighted by atomic mass is 79.9. The zero-order chi connectivity index (χ0) is 14.7. The van der Waals surface area contributed by atoms with E-state index in [1.807, 2.05) is 29.8 Å². The summed E-state index contributed by atoms with van der Waals surface area (Å²) in [5, 5.41) is 4.56. The molecule has 5 heteroatoms. The number of benzene rings is 1. The highest BCUT2D eigenvalue weighted by molar-refractivity contribution is 9.10. The van der Waals surface area contributed by atoms with Gasteiger partial charge >= 0.3 is 0 Å². The second kappa shape index (κ2) is 6.31. The van der Waals surface area contributed by atoms with Crippen LogP contribution < -0.4 is 10.5 Å². The summed E-state index contributed by atoms with van der Waals surface area (Å²) >= 11 is 3.62. The Bertz CT molecular complexity index is 607. The summed E-state index contributed by atoms with van der Waals surface area (Å²) in [4.78, 5) is 0. The van der Waals surface area contributed by atoms with Crippen LogP contribution in [0.3, 0.4) is 0 Å². The van der Waals surface area contributed by atoms with Gasteiger partial charge in [0.1, 0.15) is 12.4 Å². The fraction of sp³-hybridized carbons (Fsp3) is 0.400. The highest BCUT2D eigenvalue weighted by Crippen LogP contribution is 2.27. The Hall–Kier alpha value is -1.49. The Morgan fingerprint density at radius 2 is 2.10 bits per heavy atom. The van der Waals surface area contributed by atoms with Crippen molar-refractivity contribution in [2.24, 2.45) is 0 Å². The van der Waals surface area contributed by atoms with Crippen LogP contribution in [0.4, 0.5) is 5.69 Å². The van der Waals surface area contributed by atoms with Crippen LogP contribution in [0, 0.1) is 6.92 Å². The number of rotatable bonds is 5. The average molecular weight is 338 g/mol. The molecule has 108 valence electrons. The molecule has 2 aromatic rings. The summed E-state index contributed by atoms with van der Waals surface area (Å²) in [5.74, 6) is 0.721. The van der Waals surface area contributed by atoms with Gasteiger partial charge < -0.3 is 10.5 Å². The van der Waals surface area contributed by atoms with E-state index >= 15 is 0 Å². The maximum absolute atomic E-state index is 5.93. The SMILES string of the molecule is CCc1nn(CC)c(COc2cc(C)ccc2N)c1Br. The van der Waals surface area contributed by atoms with Gasteiger partial charge in [0, 0.05) is 6.54 Å². The van der Waals surface area contributed by atoms with E-state index in [2.05, 4.69) is 34.9 Å². The number of nitrogens with two attached hydrogens (primary N) is 1. The molecule has 0 spiro atoms. The average Bonchev–Trinajstić information content (AvgIpc) is 2.75. The quantitative estimate of drug-likeness (QED) is 0.846. The van der Waals surface area contributed by atoms with Gasteiger partial charge in [-0.15, -0.1) is 0 Å². The molecule has 1 aromatic heterocycles. The van der Waals surface area contributed by atoms with Crippen molar-refractivity contribution in [3.63, 3.8) is 0 Å². The minimum absolute atomic E-state index is 0.453. The molecule has 20 heavy (non-hydrogen) atoms. The number of halogens is 1. The van der Waals surface area contributed by atoms with E-state index in [-0.39, 0.29) is 0 Å². The molecule has 0 amide bonds. The number of aryl methyl sites for hydroxylation is 3. The molecule has 0 radical (unpaired) electrons.